The number of carbonyl (C=O) groups is 2. The molecule has 2 aliphatic carbocycles. The molecule has 1 saturated carbocycles. The first-order chi connectivity index (χ1) is 16.6. The lowest BCUT2D eigenvalue weighted by Crippen LogP contribution is -2.58. The fraction of sp³-hybridized carbons (Fsp3) is 0.630. The van der Waals surface area contributed by atoms with Gasteiger partial charge in [-0.3, -0.25) is 9.59 Å². The zero-order chi connectivity index (χ0) is 24.1. The van der Waals surface area contributed by atoms with Crippen molar-refractivity contribution in [2.75, 3.05) is 13.2 Å². The van der Waals surface area contributed by atoms with Crippen LogP contribution in [0.15, 0.2) is 35.9 Å². The summed E-state index contributed by atoms with van der Waals surface area (Å²) in [5.41, 5.74) is 1.37. The molecule has 4 atom stereocenters. The lowest BCUT2D eigenvalue weighted by Gasteiger charge is -2.44. The molecular weight excluding hydrogens is 432 g/mol. The van der Waals surface area contributed by atoms with Crippen LogP contribution in [0.25, 0.3) is 0 Å². The number of rotatable bonds is 8. The molecule has 0 saturated heterocycles. The summed E-state index contributed by atoms with van der Waals surface area (Å²) in [7, 11) is 0. The normalized spacial score (nSPS) is 26.5. The van der Waals surface area contributed by atoms with Crippen LogP contribution in [0.2, 0.25) is 0 Å². The SMILES string of the molecule is CCCCC(=O)N(C1CCCCCC1)[C@@H]1C=C(C(=O)NCCO)[C@@H]2c3ccccc3O[C@@H]2[C@H]1O. The Morgan fingerprint density at radius 2 is 1.88 bits per heavy atom. The summed E-state index contributed by atoms with van der Waals surface area (Å²) < 4.78 is 6.20. The largest absolute Gasteiger partial charge is 0.486 e. The quantitative estimate of drug-likeness (QED) is 0.507. The number of unbranched alkanes of at least 4 members (excludes halogenated alkanes) is 1. The van der Waals surface area contributed by atoms with E-state index in [0.717, 1.165) is 56.9 Å². The molecule has 0 bridgehead atoms. The second-order valence-corrected chi connectivity index (χ2v) is 9.73. The van der Waals surface area contributed by atoms with Crippen LogP contribution in [0.4, 0.5) is 0 Å². The molecule has 1 fully saturated rings. The fourth-order valence-corrected chi connectivity index (χ4v) is 5.77. The van der Waals surface area contributed by atoms with Gasteiger partial charge in [-0.15, -0.1) is 0 Å². The average Bonchev–Trinajstić information content (AvgIpc) is 3.04. The zero-order valence-corrected chi connectivity index (χ0v) is 20.1. The van der Waals surface area contributed by atoms with E-state index in [1.165, 1.54) is 0 Å². The van der Waals surface area contributed by atoms with Crippen LogP contribution in [-0.2, 0) is 9.59 Å². The number of carbonyl (C=O) groups excluding carboxylic acids is 2. The number of aliphatic hydroxyl groups is 2. The highest BCUT2D eigenvalue weighted by Crippen LogP contribution is 2.47. The minimum absolute atomic E-state index is 0.0399. The maximum absolute atomic E-state index is 13.5. The molecule has 1 aliphatic heterocycles. The number of aliphatic hydroxyl groups excluding tert-OH is 2. The molecule has 1 aromatic carbocycles. The Labute approximate surface area is 202 Å². The molecule has 1 aromatic rings. The number of nitrogens with one attached hydrogen (secondary N) is 1. The number of hydrogen-bond acceptors (Lipinski definition) is 5. The standard InChI is InChI=1S/C27H38N2O5/c1-2-3-14-23(31)29(18-10-6-4-5-7-11-18)21-17-20(27(33)28-15-16-30)24-19-12-8-9-13-22(19)34-26(24)25(21)32/h8-9,12-13,17-18,21,24-26,30,32H,2-7,10-11,14-16H2,1H3,(H,28,33)/t21-,24+,25+,26+/m1/s1. The summed E-state index contributed by atoms with van der Waals surface area (Å²) in [6.07, 6.45) is 8.64. The van der Waals surface area contributed by atoms with Crippen molar-refractivity contribution in [3.05, 3.63) is 41.5 Å². The van der Waals surface area contributed by atoms with Crippen molar-refractivity contribution in [2.24, 2.45) is 0 Å². The first-order valence-corrected chi connectivity index (χ1v) is 12.9. The number of fused-ring (bicyclic) bond motifs is 3. The molecule has 2 amide bonds. The summed E-state index contributed by atoms with van der Waals surface area (Å²) >= 11 is 0. The monoisotopic (exact) mass is 470 g/mol. The van der Waals surface area contributed by atoms with Gasteiger partial charge in [0.05, 0.1) is 18.6 Å². The number of benzene rings is 1. The summed E-state index contributed by atoms with van der Waals surface area (Å²) in [5, 5.41) is 23.6. The predicted octanol–water partition coefficient (Wildman–Crippen LogP) is 3.05. The highest BCUT2D eigenvalue weighted by atomic mass is 16.5. The molecule has 186 valence electrons. The molecule has 1 heterocycles. The van der Waals surface area contributed by atoms with Crippen LogP contribution in [0.1, 0.15) is 76.2 Å². The minimum Gasteiger partial charge on any atom is -0.486 e. The Balaban J connectivity index is 1.74. The van der Waals surface area contributed by atoms with Gasteiger partial charge in [0, 0.05) is 30.1 Å². The van der Waals surface area contributed by atoms with Crippen LogP contribution in [0, 0.1) is 0 Å². The number of para-hydroxylation sites is 1. The molecule has 0 unspecified atom stereocenters. The van der Waals surface area contributed by atoms with Gasteiger partial charge in [-0.25, -0.2) is 0 Å². The Morgan fingerprint density at radius 1 is 1.15 bits per heavy atom. The lowest BCUT2D eigenvalue weighted by molar-refractivity contribution is -0.141. The lowest BCUT2D eigenvalue weighted by atomic mass is 9.77. The second kappa shape index (κ2) is 11.4. The number of ether oxygens (including phenoxy) is 1. The van der Waals surface area contributed by atoms with Gasteiger partial charge in [-0.1, -0.05) is 57.2 Å². The van der Waals surface area contributed by atoms with Gasteiger partial charge in [0.1, 0.15) is 18.0 Å². The highest BCUT2D eigenvalue weighted by molar-refractivity contribution is 5.96. The first-order valence-electron chi connectivity index (χ1n) is 12.9. The van der Waals surface area contributed by atoms with Crippen LogP contribution in [-0.4, -0.2) is 64.4 Å². The van der Waals surface area contributed by atoms with Gasteiger partial charge in [-0.05, 0) is 31.4 Å². The Kier molecular flexibility index (Phi) is 8.27. The van der Waals surface area contributed by atoms with Crippen molar-refractivity contribution in [1.82, 2.24) is 10.2 Å². The number of amides is 2. The molecule has 0 aromatic heterocycles. The van der Waals surface area contributed by atoms with E-state index in [0.29, 0.717) is 17.7 Å². The molecule has 0 radical (unpaired) electrons. The fourth-order valence-electron chi connectivity index (χ4n) is 5.77. The molecule has 7 heteroatoms. The topological polar surface area (TPSA) is 99.1 Å². The molecule has 0 spiro atoms. The van der Waals surface area contributed by atoms with Crippen molar-refractivity contribution in [2.45, 2.75) is 94.9 Å². The third kappa shape index (κ3) is 5.01. The van der Waals surface area contributed by atoms with Crippen LogP contribution >= 0.6 is 0 Å². The van der Waals surface area contributed by atoms with E-state index >= 15 is 0 Å². The number of hydrogen-bond donors (Lipinski definition) is 3. The van der Waals surface area contributed by atoms with E-state index < -0.39 is 24.2 Å². The van der Waals surface area contributed by atoms with Gasteiger partial charge >= 0.3 is 0 Å². The summed E-state index contributed by atoms with van der Waals surface area (Å²) in [5.74, 6) is 0.000425. The van der Waals surface area contributed by atoms with E-state index in [-0.39, 0.29) is 31.0 Å². The van der Waals surface area contributed by atoms with Gasteiger partial charge in [0.15, 0.2) is 0 Å². The van der Waals surface area contributed by atoms with Crippen molar-refractivity contribution >= 4 is 11.8 Å². The van der Waals surface area contributed by atoms with Crippen molar-refractivity contribution in [3.8, 4) is 5.75 Å². The van der Waals surface area contributed by atoms with Crippen molar-refractivity contribution < 1.29 is 24.5 Å². The van der Waals surface area contributed by atoms with Gasteiger partial charge < -0.3 is 25.2 Å². The van der Waals surface area contributed by atoms with E-state index in [1.54, 1.807) is 6.08 Å². The van der Waals surface area contributed by atoms with Crippen molar-refractivity contribution in [1.29, 1.82) is 0 Å². The Morgan fingerprint density at radius 3 is 2.59 bits per heavy atom. The first kappa shape index (κ1) is 24.7. The van der Waals surface area contributed by atoms with E-state index in [1.807, 2.05) is 29.2 Å². The predicted molar refractivity (Wildman–Crippen MR) is 129 cm³/mol. The van der Waals surface area contributed by atoms with E-state index in [2.05, 4.69) is 12.2 Å². The molecule has 34 heavy (non-hydrogen) atoms. The average molecular weight is 471 g/mol. The summed E-state index contributed by atoms with van der Waals surface area (Å²) in [4.78, 5) is 28.6. The molecule has 4 rings (SSSR count). The third-order valence-corrected chi connectivity index (χ3v) is 7.45. The van der Waals surface area contributed by atoms with E-state index in [4.69, 9.17) is 4.74 Å². The van der Waals surface area contributed by atoms with Crippen LogP contribution in [0.5, 0.6) is 5.75 Å². The third-order valence-electron chi connectivity index (χ3n) is 7.45. The van der Waals surface area contributed by atoms with Crippen LogP contribution < -0.4 is 10.1 Å². The van der Waals surface area contributed by atoms with Crippen LogP contribution in [0.3, 0.4) is 0 Å². The van der Waals surface area contributed by atoms with E-state index in [9.17, 15) is 19.8 Å². The molecule has 3 N–H and O–H groups in total. The number of nitrogens with zero attached hydrogens (tertiary/aromatic N) is 1. The smallest absolute Gasteiger partial charge is 0.247 e. The zero-order valence-electron chi connectivity index (χ0n) is 20.1. The van der Waals surface area contributed by atoms with Gasteiger partial charge in [-0.2, -0.15) is 0 Å². The van der Waals surface area contributed by atoms with Gasteiger partial charge in [0.25, 0.3) is 0 Å². The maximum Gasteiger partial charge on any atom is 0.247 e. The summed E-state index contributed by atoms with van der Waals surface area (Å²) in [6, 6.07) is 6.98. The second-order valence-electron chi connectivity index (χ2n) is 9.73. The minimum atomic E-state index is -0.944. The molecule has 7 nitrogen and oxygen atoms in total. The van der Waals surface area contributed by atoms with Crippen molar-refractivity contribution in [3.63, 3.8) is 0 Å². The molecule has 3 aliphatic rings. The maximum atomic E-state index is 13.5. The Bertz CT molecular complexity index is 893. The highest BCUT2D eigenvalue weighted by Gasteiger charge is 2.51. The summed E-state index contributed by atoms with van der Waals surface area (Å²) in [6.45, 7) is 2.05. The van der Waals surface area contributed by atoms with Gasteiger partial charge in [0.2, 0.25) is 11.8 Å². The Hall–Kier alpha value is -2.38. The molecular formula is C27H38N2O5.